The molecule has 2 aromatic carbocycles. The van der Waals surface area contributed by atoms with Crippen molar-refractivity contribution in [2.75, 3.05) is 25.1 Å². The van der Waals surface area contributed by atoms with E-state index in [0.29, 0.717) is 24.4 Å². The first-order valence-corrected chi connectivity index (χ1v) is 7.93. The lowest BCUT2D eigenvalue weighted by atomic mass is 10.1. The third-order valence-corrected chi connectivity index (χ3v) is 3.70. The van der Waals surface area contributed by atoms with Crippen molar-refractivity contribution in [1.29, 1.82) is 0 Å². The van der Waals surface area contributed by atoms with Gasteiger partial charge in [0.15, 0.2) is 0 Å². The van der Waals surface area contributed by atoms with Crippen LogP contribution in [0.5, 0.6) is 5.75 Å². The Kier molecular flexibility index (Phi) is 6.51. The van der Waals surface area contributed by atoms with E-state index in [0.717, 1.165) is 5.56 Å². The lowest BCUT2D eigenvalue weighted by Gasteiger charge is -2.21. The maximum atomic E-state index is 12.9. The summed E-state index contributed by atoms with van der Waals surface area (Å²) in [7, 11) is 1.54. The second kappa shape index (κ2) is 8.82. The van der Waals surface area contributed by atoms with Crippen LogP contribution in [0.4, 0.5) is 10.1 Å². The van der Waals surface area contributed by atoms with Crippen molar-refractivity contribution in [2.24, 2.45) is 0 Å². The lowest BCUT2D eigenvalue weighted by molar-refractivity contribution is -0.123. The third-order valence-electron chi connectivity index (χ3n) is 3.70. The molecule has 2 aromatic rings. The maximum absolute atomic E-state index is 12.9. The summed E-state index contributed by atoms with van der Waals surface area (Å²) in [5.74, 6) is -0.175. The van der Waals surface area contributed by atoms with Crippen LogP contribution in [0.1, 0.15) is 12.5 Å². The number of halogens is 1. The van der Waals surface area contributed by atoms with Crippen LogP contribution in [-0.2, 0) is 16.0 Å². The lowest BCUT2D eigenvalue weighted by Crippen LogP contribution is -2.40. The summed E-state index contributed by atoms with van der Waals surface area (Å²) in [5, 5.41) is 2.77. The van der Waals surface area contributed by atoms with Crippen LogP contribution >= 0.6 is 0 Å². The number of hydrogen-bond acceptors (Lipinski definition) is 3. The molecule has 2 amide bonds. The molecule has 0 bridgehead atoms. The predicted molar refractivity (Wildman–Crippen MR) is 94.1 cm³/mol. The number of carbonyl (C=O) groups excluding carboxylic acids is 2. The van der Waals surface area contributed by atoms with Crippen molar-refractivity contribution < 1.29 is 18.7 Å². The van der Waals surface area contributed by atoms with E-state index in [1.807, 2.05) is 0 Å². The summed E-state index contributed by atoms with van der Waals surface area (Å²) < 4.78 is 18.0. The zero-order valence-electron chi connectivity index (χ0n) is 14.3. The average Bonchev–Trinajstić information content (AvgIpc) is 2.61. The molecule has 25 heavy (non-hydrogen) atoms. The molecular weight excluding hydrogens is 323 g/mol. The van der Waals surface area contributed by atoms with E-state index in [1.54, 1.807) is 43.5 Å². The number of methoxy groups -OCH3 is 1. The van der Waals surface area contributed by atoms with Gasteiger partial charge >= 0.3 is 0 Å². The molecule has 1 N–H and O–H groups in total. The summed E-state index contributed by atoms with van der Waals surface area (Å²) >= 11 is 0. The molecular formula is C19H21FN2O3. The number of anilines is 1. The SMILES string of the molecule is COc1cccc(N(CC(=O)NCCc2ccc(F)cc2)C(C)=O)c1. The molecule has 0 unspecified atom stereocenters. The number of amides is 2. The van der Waals surface area contributed by atoms with Gasteiger partial charge in [-0.15, -0.1) is 0 Å². The molecule has 0 atom stereocenters. The Labute approximate surface area is 146 Å². The van der Waals surface area contributed by atoms with Gasteiger partial charge in [-0.05, 0) is 36.2 Å². The topological polar surface area (TPSA) is 58.6 Å². The molecule has 0 aliphatic heterocycles. The van der Waals surface area contributed by atoms with Crippen molar-refractivity contribution in [2.45, 2.75) is 13.3 Å². The van der Waals surface area contributed by atoms with Gasteiger partial charge < -0.3 is 15.0 Å². The first kappa shape index (κ1) is 18.4. The molecule has 0 aliphatic carbocycles. The Morgan fingerprint density at radius 1 is 1.16 bits per heavy atom. The summed E-state index contributed by atoms with van der Waals surface area (Å²) in [5.41, 5.74) is 1.53. The Morgan fingerprint density at radius 2 is 1.88 bits per heavy atom. The Morgan fingerprint density at radius 3 is 2.52 bits per heavy atom. The van der Waals surface area contributed by atoms with Gasteiger partial charge in [-0.25, -0.2) is 4.39 Å². The van der Waals surface area contributed by atoms with Gasteiger partial charge in [0.2, 0.25) is 11.8 Å². The highest BCUT2D eigenvalue weighted by Crippen LogP contribution is 2.20. The van der Waals surface area contributed by atoms with E-state index in [1.165, 1.54) is 24.0 Å². The molecule has 0 saturated carbocycles. The quantitative estimate of drug-likeness (QED) is 0.840. The number of benzene rings is 2. The van der Waals surface area contributed by atoms with E-state index in [2.05, 4.69) is 5.32 Å². The fraction of sp³-hybridized carbons (Fsp3) is 0.263. The molecule has 2 rings (SSSR count). The van der Waals surface area contributed by atoms with E-state index < -0.39 is 0 Å². The van der Waals surface area contributed by atoms with Crippen molar-refractivity contribution in [3.05, 3.63) is 59.9 Å². The molecule has 6 heteroatoms. The second-order valence-electron chi connectivity index (χ2n) is 5.53. The van der Waals surface area contributed by atoms with Crippen LogP contribution in [0.25, 0.3) is 0 Å². The van der Waals surface area contributed by atoms with E-state index in [-0.39, 0.29) is 24.2 Å². The highest BCUT2D eigenvalue weighted by atomic mass is 19.1. The summed E-state index contributed by atoms with van der Waals surface area (Å²) in [4.78, 5) is 25.4. The van der Waals surface area contributed by atoms with Gasteiger partial charge in [0, 0.05) is 25.2 Å². The zero-order valence-corrected chi connectivity index (χ0v) is 14.3. The van der Waals surface area contributed by atoms with Crippen LogP contribution in [-0.4, -0.2) is 32.0 Å². The van der Waals surface area contributed by atoms with E-state index in [9.17, 15) is 14.0 Å². The normalized spacial score (nSPS) is 10.2. The number of hydrogen-bond donors (Lipinski definition) is 1. The molecule has 132 valence electrons. The van der Waals surface area contributed by atoms with Gasteiger partial charge in [-0.2, -0.15) is 0 Å². The van der Waals surface area contributed by atoms with Crippen molar-refractivity contribution in [3.8, 4) is 5.75 Å². The molecule has 0 radical (unpaired) electrons. The highest BCUT2D eigenvalue weighted by Gasteiger charge is 2.16. The van der Waals surface area contributed by atoms with E-state index >= 15 is 0 Å². The van der Waals surface area contributed by atoms with Gasteiger partial charge in [0.1, 0.15) is 18.1 Å². The van der Waals surface area contributed by atoms with Crippen LogP contribution in [0.15, 0.2) is 48.5 Å². The summed E-state index contributed by atoms with van der Waals surface area (Å²) in [6, 6.07) is 13.1. The maximum Gasteiger partial charge on any atom is 0.240 e. The smallest absolute Gasteiger partial charge is 0.240 e. The molecule has 0 heterocycles. The number of carbonyl (C=O) groups is 2. The summed E-state index contributed by atoms with van der Waals surface area (Å²) in [6.45, 7) is 1.74. The van der Waals surface area contributed by atoms with Crippen molar-refractivity contribution >= 4 is 17.5 Å². The number of ether oxygens (including phenoxy) is 1. The molecule has 0 saturated heterocycles. The molecule has 0 aliphatic rings. The monoisotopic (exact) mass is 344 g/mol. The summed E-state index contributed by atoms with van der Waals surface area (Å²) in [6.07, 6.45) is 0.589. The van der Waals surface area contributed by atoms with E-state index in [4.69, 9.17) is 4.74 Å². The number of rotatable bonds is 7. The molecule has 0 spiro atoms. The second-order valence-corrected chi connectivity index (χ2v) is 5.53. The van der Waals surface area contributed by atoms with Gasteiger partial charge in [0.05, 0.1) is 7.11 Å². The minimum Gasteiger partial charge on any atom is -0.497 e. The van der Waals surface area contributed by atoms with Crippen LogP contribution in [0.3, 0.4) is 0 Å². The fourth-order valence-electron chi connectivity index (χ4n) is 2.36. The molecule has 0 fully saturated rings. The standard InChI is InChI=1S/C19H21FN2O3/c1-14(23)22(17-4-3-5-18(12-17)25-2)13-19(24)21-11-10-15-6-8-16(20)9-7-15/h3-9,12H,10-11,13H2,1-2H3,(H,21,24). The number of nitrogens with zero attached hydrogens (tertiary/aromatic N) is 1. The van der Waals surface area contributed by atoms with Crippen molar-refractivity contribution in [1.82, 2.24) is 5.32 Å². The fourth-order valence-corrected chi connectivity index (χ4v) is 2.36. The first-order chi connectivity index (χ1) is 12.0. The third kappa shape index (κ3) is 5.60. The van der Waals surface area contributed by atoms with Crippen LogP contribution in [0, 0.1) is 5.82 Å². The highest BCUT2D eigenvalue weighted by molar-refractivity contribution is 5.97. The number of nitrogens with one attached hydrogen (secondary N) is 1. The van der Waals surface area contributed by atoms with Gasteiger partial charge in [0.25, 0.3) is 0 Å². The Bertz CT molecular complexity index is 732. The van der Waals surface area contributed by atoms with Gasteiger partial charge in [-0.1, -0.05) is 18.2 Å². The largest absolute Gasteiger partial charge is 0.497 e. The van der Waals surface area contributed by atoms with Crippen LogP contribution in [0.2, 0.25) is 0 Å². The molecule has 5 nitrogen and oxygen atoms in total. The average molecular weight is 344 g/mol. The Hall–Kier alpha value is -2.89. The van der Waals surface area contributed by atoms with Gasteiger partial charge in [-0.3, -0.25) is 9.59 Å². The zero-order chi connectivity index (χ0) is 18.2. The minimum atomic E-state index is -0.289. The van der Waals surface area contributed by atoms with Crippen LogP contribution < -0.4 is 15.0 Å². The minimum absolute atomic E-state index is 0.0775. The molecule has 0 aromatic heterocycles. The first-order valence-electron chi connectivity index (χ1n) is 7.93. The Balaban J connectivity index is 1.91. The predicted octanol–water partition coefficient (Wildman–Crippen LogP) is 2.55. The van der Waals surface area contributed by atoms with Crippen molar-refractivity contribution in [3.63, 3.8) is 0 Å².